The number of ether oxygens (including phenoxy) is 1. The van der Waals surface area contributed by atoms with Crippen molar-refractivity contribution in [3.8, 4) is 0 Å². The van der Waals surface area contributed by atoms with Crippen LogP contribution in [-0.2, 0) is 18.0 Å². The van der Waals surface area contributed by atoms with Crippen LogP contribution in [0.3, 0.4) is 0 Å². The fourth-order valence-electron chi connectivity index (χ4n) is 3.08. The van der Waals surface area contributed by atoms with Gasteiger partial charge in [0, 0.05) is 45.3 Å². The summed E-state index contributed by atoms with van der Waals surface area (Å²) in [5, 5.41) is 13.1. The number of hydrogen-bond donors (Lipinski definition) is 1. The molecule has 1 aliphatic rings. The van der Waals surface area contributed by atoms with Gasteiger partial charge in [0.2, 0.25) is 0 Å². The highest BCUT2D eigenvalue weighted by molar-refractivity contribution is 5.92. The first-order valence-corrected chi connectivity index (χ1v) is 7.73. The number of halogens is 3. The largest absolute Gasteiger partial charge is 0.435 e. The molecule has 0 radical (unpaired) electrons. The second-order valence-corrected chi connectivity index (χ2v) is 6.27. The molecule has 1 aliphatic heterocycles. The normalized spacial score (nSPS) is 22.0. The number of likely N-dealkylation sites (tertiary alicyclic amines) is 1. The zero-order valence-electron chi connectivity index (χ0n) is 13.8. The van der Waals surface area contributed by atoms with E-state index in [-0.39, 0.29) is 18.8 Å². The van der Waals surface area contributed by atoms with Crippen molar-refractivity contribution in [2.75, 3.05) is 33.4 Å². The zero-order valence-corrected chi connectivity index (χ0v) is 13.8. The number of rotatable bonds is 5. The molecule has 1 amide bonds. The minimum absolute atomic E-state index is 0.0979. The molecular formula is C15H22F3N3O3. The number of aliphatic hydroxyl groups excluding tert-OH is 1. The average Bonchev–Trinajstić information content (AvgIpc) is 2.94. The van der Waals surface area contributed by atoms with Gasteiger partial charge in [-0.1, -0.05) is 0 Å². The molecule has 0 aliphatic carbocycles. The van der Waals surface area contributed by atoms with E-state index in [2.05, 4.69) is 5.10 Å². The van der Waals surface area contributed by atoms with Crippen LogP contribution in [-0.4, -0.2) is 59.1 Å². The number of hydrogen-bond acceptors (Lipinski definition) is 4. The highest BCUT2D eigenvalue weighted by atomic mass is 19.4. The van der Waals surface area contributed by atoms with E-state index in [1.807, 2.05) is 0 Å². The summed E-state index contributed by atoms with van der Waals surface area (Å²) in [4.78, 5) is 14.1. The fourth-order valence-corrected chi connectivity index (χ4v) is 3.08. The van der Waals surface area contributed by atoms with Gasteiger partial charge in [0.15, 0.2) is 5.69 Å². The molecule has 9 heteroatoms. The van der Waals surface area contributed by atoms with Crippen LogP contribution in [0.25, 0.3) is 0 Å². The maximum absolute atomic E-state index is 12.8. The second kappa shape index (κ2) is 7.10. The summed E-state index contributed by atoms with van der Waals surface area (Å²) in [6.45, 7) is 1.09. The monoisotopic (exact) mass is 349 g/mol. The third-order valence-corrected chi connectivity index (χ3v) is 4.51. The Bertz CT molecular complexity index is 588. The van der Waals surface area contributed by atoms with Crippen molar-refractivity contribution < 1.29 is 27.8 Å². The molecule has 0 unspecified atom stereocenters. The number of aromatic nitrogens is 2. The Hall–Kier alpha value is -1.61. The first-order valence-electron chi connectivity index (χ1n) is 7.73. The molecule has 2 rings (SSSR count). The Morgan fingerprint density at radius 1 is 1.50 bits per heavy atom. The van der Waals surface area contributed by atoms with E-state index in [4.69, 9.17) is 4.74 Å². The lowest BCUT2D eigenvalue weighted by Crippen LogP contribution is -2.48. The number of carbonyl (C=O) groups is 1. The van der Waals surface area contributed by atoms with Gasteiger partial charge in [0.05, 0.1) is 6.61 Å². The average molecular weight is 349 g/mol. The summed E-state index contributed by atoms with van der Waals surface area (Å²) >= 11 is 0. The number of aliphatic hydroxyl groups is 1. The van der Waals surface area contributed by atoms with E-state index in [1.165, 1.54) is 11.9 Å². The van der Waals surface area contributed by atoms with Crippen LogP contribution in [0.2, 0.25) is 0 Å². The van der Waals surface area contributed by atoms with Gasteiger partial charge in [-0.05, 0) is 19.3 Å². The van der Waals surface area contributed by atoms with Crippen molar-refractivity contribution in [2.45, 2.75) is 25.4 Å². The van der Waals surface area contributed by atoms with Gasteiger partial charge in [-0.3, -0.25) is 9.48 Å². The summed E-state index contributed by atoms with van der Waals surface area (Å²) < 4.78 is 44.3. The standard InChI is InChI=1S/C15H22F3N3O3/c1-20-11(8-12(19-20)15(16,17)18)13(23)21-6-3-4-14(9-21,10-22)5-7-24-2/h8,22H,3-7,9-10H2,1-2H3/t14-/m1/s1. The van der Waals surface area contributed by atoms with Gasteiger partial charge in [-0.25, -0.2) is 0 Å². The maximum Gasteiger partial charge on any atom is 0.435 e. The Morgan fingerprint density at radius 2 is 2.21 bits per heavy atom. The highest BCUT2D eigenvalue weighted by Gasteiger charge is 2.39. The van der Waals surface area contributed by atoms with Gasteiger partial charge >= 0.3 is 6.18 Å². The van der Waals surface area contributed by atoms with Crippen LogP contribution < -0.4 is 0 Å². The predicted octanol–water partition coefficient (Wildman–Crippen LogP) is 1.69. The minimum Gasteiger partial charge on any atom is -0.396 e. The molecule has 0 bridgehead atoms. The van der Waals surface area contributed by atoms with Crippen LogP contribution in [0.1, 0.15) is 35.4 Å². The van der Waals surface area contributed by atoms with E-state index in [0.717, 1.165) is 17.2 Å². The number of amides is 1. The summed E-state index contributed by atoms with van der Waals surface area (Å²) in [6, 6.07) is 0.771. The number of aryl methyl sites for hydroxylation is 1. The third-order valence-electron chi connectivity index (χ3n) is 4.51. The van der Waals surface area contributed by atoms with Crippen molar-refractivity contribution >= 4 is 5.91 Å². The molecule has 1 aromatic heterocycles. The molecule has 1 aromatic rings. The van der Waals surface area contributed by atoms with E-state index in [1.54, 1.807) is 7.11 Å². The number of carbonyl (C=O) groups excluding carboxylic acids is 1. The van der Waals surface area contributed by atoms with Crippen molar-refractivity contribution in [2.24, 2.45) is 12.5 Å². The molecule has 0 saturated carbocycles. The van der Waals surface area contributed by atoms with Gasteiger partial charge < -0.3 is 14.7 Å². The fraction of sp³-hybridized carbons (Fsp3) is 0.733. The number of methoxy groups -OCH3 is 1. The van der Waals surface area contributed by atoms with Gasteiger partial charge in [-0.2, -0.15) is 18.3 Å². The lowest BCUT2D eigenvalue weighted by molar-refractivity contribution is -0.141. The van der Waals surface area contributed by atoms with Crippen LogP contribution in [0.15, 0.2) is 6.07 Å². The molecule has 0 spiro atoms. The number of piperidine rings is 1. The zero-order chi connectivity index (χ0) is 18.0. The van der Waals surface area contributed by atoms with Gasteiger partial charge in [-0.15, -0.1) is 0 Å². The minimum atomic E-state index is -4.59. The number of nitrogens with zero attached hydrogens (tertiary/aromatic N) is 3. The molecule has 1 N–H and O–H groups in total. The van der Waals surface area contributed by atoms with Crippen molar-refractivity contribution in [3.05, 3.63) is 17.5 Å². The quantitative estimate of drug-likeness (QED) is 0.878. The van der Waals surface area contributed by atoms with E-state index in [9.17, 15) is 23.1 Å². The smallest absolute Gasteiger partial charge is 0.396 e. The molecule has 6 nitrogen and oxygen atoms in total. The molecular weight excluding hydrogens is 327 g/mol. The summed E-state index contributed by atoms with van der Waals surface area (Å²) in [7, 11) is 2.88. The molecule has 2 heterocycles. The van der Waals surface area contributed by atoms with Crippen molar-refractivity contribution in [3.63, 3.8) is 0 Å². The molecule has 136 valence electrons. The first-order chi connectivity index (χ1) is 11.2. The van der Waals surface area contributed by atoms with Crippen molar-refractivity contribution in [1.82, 2.24) is 14.7 Å². The van der Waals surface area contributed by atoms with Gasteiger partial charge in [0.1, 0.15) is 5.69 Å². The Kier molecular flexibility index (Phi) is 5.54. The number of alkyl halides is 3. The lowest BCUT2D eigenvalue weighted by atomic mass is 9.78. The van der Waals surface area contributed by atoms with E-state index >= 15 is 0 Å². The van der Waals surface area contributed by atoms with E-state index < -0.39 is 23.2 Å². The topological polar surface area (TPSA) is 67.6 Å². The molecule has 1 saturated heterocycles. The second-order valence-electron chi connectivity index (χ2n) is 6.27. The maximum atomic E-state index is 12.8. The Labute approximate surface area is 138 Å². The van der Waals surface area contributed by atoms with Crippen LogP contribution >= 0.6 is 0 Å². The highest BCUT2D eigenvalue weighted by Crippen LogP contribution is 2.34. The summed E-state index contributed by atoms with van der Waals surface area (Å²) in [6.07, 6.45) is -2.58. The van der Waals surface area contributed by atoms with Gasteiger partial charge in [0.25, 0.3) is 5.91 Å². The third kappa shape index (κ3) is 3.89. The molecule has 24 heavy (non-hydrogen) atoms. The lowest BCUT2D eigenvalue weighted by Gasteiger charge is -2.41. The predicted molar refractivity (Wildman–Crippen MR) is 79.4 cm³/mol. The molecule has 0 aromatic carbocycles. The summed E-state index contributed by atoms with van der Waals surface area (Å²) in [5.41, 5.74) is -1.67. The van der Waals surface area contributed by atoms with Crippen molar-refractivity contribution in [1.29, 1.82) is 0 Å². The molecule has 1 atom stereocenters. The molecule has 1 fully saturated rings. The van der Waals surface area contributed by atoms with E-state index in [0.29, 0.717) is 26.0 Å². The summed E-state index contributed by atoms with van der Waals surface area (Å²) in [5.74, 6) is -0.504. The Balaban J connectivity index is 2.19. The SMILES string of the molecule is COCC[C@]1(CO)CCCN(C(=O)c2cc(C(F)(F)F)nn2C)C1. The van der Waals surface area contributed by atoms with Crippen LogP contribution in [0, 0.1) is 5.41 Å². The van der Waals surface area contributed by atoms with Crippen LogP contribution in [0.5, 0.6) is 0 Å². The first kappa shape index (κ1) is 18.7. The Morgan fingerprint density at radius 3 is 2.75 bits per heavy atom. The van der Waals surface area contributed by atoms with Crippen LogP contribution in [0.4, 0.5) is 13.2 Å².